The summed E-state index contributed by atoms with van der Waals surface area (Å²) >= 11 is 0. The number of unbranched alkanes of at least 4 members (excludes halogenated alkanes) is 1. The number of nitrogens with zero attached hydrogens (tertiary/aromatic N) is 1. The maximum atomic E-state index is 12.3. The number of aliphatic hydroxyl groups excluding tert-OH is 1. The Balaban J connectivity index is 1.38. The molecule has 2 fully saturated rings. The highest BCUT2D eigenvalue weighted by Crippen LogP contribution is 2.38. The molecule has 0 bridgehead atoms. The van der Waals surface area contributed by atoms with E-state index < -0.39 is 12.2 Å². The minimum Gasteiger partial charge on any atom is -0.392 e. The Hall–Kier alpha value is -2.82. The number of amides is 2. The number of carbonyl (C=O) groups excluding carboxylic acids is 2. The lowest BCUT2D eigenvalue weighted by Gasteiger charge is -2.39. The van der Waals surface area contributed by atoms with Crippen LogP contribution in [0.1, 0.15) is 80.5 Å². The third-order valence-corrected chi connectivity index (χ3v) is 7.17. The summed E-state index contributed by atoms with van der Waals surface area (Å²) in [6.07, 6.45) is 5.45. The summed E-state index contributed by atoms with van der Waals surface area (Å²) in [6.45, 7) is 3.09. The molecule has 38 heavy (non-hydrogen) atoms. The minimum atomic E-state index is -0.525. The van der Waals surface area contributed by atoms with Gasteiger partial charge in [0.2, 0.25) is 11.8 Å². The predicted octanol–water partition coefficient (Wildman–Crippen LogP) is 4.21. The minimum absolute atomic E-state index is 0.0128. The van der Waals surface area contributed by atoms with Crippen molar-refractivity contribution in [3.63, 3.8) is 0 Å². The number of hydrogen-bond acceptors (Lipinski definition) is 7. The third kappa shape index (κ3) is 8.34. The number of benzene rings is 2. The number of anilines is 1. The van der Waals surface area contributed by atoms with Gasteiger partial charge in [-0.05, 0) is 62.0 Å². The zero-order valence-electron chi connectivity index (χ0n) is 21.8. The molecular formula is C29H39N3O6. The lowest BCUT2D eigenvalue weighted by molar-refractivity contribution is -0.253. The van der Waals surface area contributed by atoms with E-state index in [4.69, 9.17) is 14.7 Å². The Bertz CT molecular complexity index is 1020. The molecule has 3 unspecified atom stereocenters. The van der Waals surface area contributed by atoms with Crippen LogP contribution in [0.3, 0.4) is 0 Å². The molecule has 9 heteroatoms. The Morgan fingerprint density at radius 3 is 2.18 bits per heavy atom. The second-order valence-corrected chi connectivity index (χ2v) is 10.1. The topological polar surface area (TPSA) is 120 Å². The molecule has 0 radical (unpaired) electrons. The Morgan fingerprint density at radius 2 is 1.53 bits per heavy atom. The highest BCUT2D eigenvalue weighted by atomic mass is 16.7. The van der Waals surface area contributed by atoms with Gasteiger partial charge in [-0.1, -0.05) is 42.8 Å². The van der Waals surface area contributed by atoms with Gasteiger partial charge >= 0.3 is 0 Å². The van der Waals surface area contributed by atoms with Gasteiger partial charge in [0.15, 0.2) is 6.29 Å². The normalized spacial score (nSPS) is 22.1. The Labute approximate surface area is 224 Å². The van der Waals surface area contributed by atoms with E-state index in [1.807, 2.05) is 48.5 Å². The van der Waals surface area contributed by atoms with Crippen molar-refractivity contribution in [3.05, 3.63) is 65.2 Å². The van der Waals surface area contributed by atoms with E-state index in [1.54, 1.807) is 5.48 Å². The number of piperidine rings is 1. The SMILES string of the molecule is O=C(CCCCC(=O)Nc1ccc(C2OC(CN3CCCCC3)CC(c3ccc(CO)cc3)O2)cc1)NO. The van der Waals surface area contributed by atoms with Gasteiger partial charge in [-0.2, -0.15) is 0 Å². The van der Waals surface area contributed by atoms with Crippen LogP contribution >= 0.6 is 0 Å². The molecule has 0 spiro atoms. The van der Waals surface area contributed by atoms with Gasteiger partial charge in [0.1, 0.15) is 0 Å². The zero-order valence-corrected chi connectivity index (χ0v) is 21.8. The summed E-state index contributed by atoms with van der Waals surface area (Å²) in [5.41, 5.74) is 5.10. The van der Waals surface area contributed by atoms with Crippen LogP contribution in [0.15, 0.2) is 48.5 Å². The number of hydrogen-bond donors (Lipinski definition) is 4. The predicted molar refractivity (Wildman–Crippen MR) is 142 cm³/mol. The summed E-state index contributed by atoms with van der Waals surface area (Å²) in [5.74, 6) is -0.573. The molecule has 4 N–H and O–H groups in total. The van der Waals surface area contributed by atoms with Gasteiger partial charge in [-0.15, -0.1) is 0 Å². The van der Waals surface area contributed by atoms with Crippen LogP contribution in [0.25, 0.3) is 0 Å². The molecule has 2 aromatic carbocycles. The summed E-state index contributed by atoms with van der Waals surface area (Å²) < 4.78 is 12.9. The van der Waals surface area contributed by atoms with Crippen molar-refractivity contribution in [1.29, 1.82) is 0 Å². The molecule has 2 heterocycles. The van der Waals surface area contributed by atoms with Crippen molar-refractivity contribution in [1.82, 2.24) is 10.4 Å². The average molecular weight is 526 g/mol. The number of rotatable bonds is 11. The summed E-state index contributed by atoms with van der Waals surface area (Å²) in [6, 6.07) is 15.4. The second-order valence-electron chi connectivity index (χ2n) is 10.1. The van der Waals surface area contributed by atoms with E-state index in [9.17, 15) is 14.7 Å². The summed E-state index contributed by atoms with van der Waals surface area (Å²) in [4.78, 5) is 25.8. The summed E-state index contributed by atoms with van der Waals surface area (Å²) in [5, 5.41) is 20.8. The molecule has 0 aromatic heterocycles. The molecule has 2 aliphatic heterocycles. The van der Waals surface area contributed by atoms with E-state index >= 15 is 0 Å². The monoisotopic (exact) mass is 525 g/mol. The molecule has 2 aromatic rings. The number of likely N-dealkylation sites (tertiary alicyclic amines) is 1. The number of aliphatic hydroxyl groups is 1. The van der Waals surface area contributed by atoms with E-state index in [0.29, 0.717) is 24.9 Å². The highest BCUT2D eigenvalue weighted by molar-refractivity contribution is 5.90. The molecule has 9 nitrogen and oxygen atoms in total. The van der Waals surface area contributed by atoms with Crippen LogP contribution in [0, 0.1) is 0 Å². The average Bonchev–Trinajstić information content (AvgIpc) is 2.96. The van der Waals surface area contributed by atoms with E-state index in [2.05, 4.69) is 10.2 Å². The van der Waals surface area contributed by atoms with Crippen molar-refractivity contribution in [3.8, 4) is 0 Å². The molecule has 206 valence electrons. The quantitative estimate of drug-likeness (QED) is 0.197. The van der Waals surface area contributed by atoms with Crippen molar-refractivity contribution in [2.24, 2.45) is 0 Å². The maximum Gasteiger partial charge on any atom is 0.243 e. The lowest BCUT2D eigenvalue weighted by atomic mass is 9.99. The van der Waals surface area contributed by atoms with Crippen LogP contribution in [-0.4, -0.2) is 52.8 Å². The van der Waals surface area contributed by atoms with E-state index in [0.717, 1.165) is 42.7 Å². The molecule has 2 saturated heterocycles. The number of hydroxylamine groups is 1. The molecule has 4 rings (SSSR count). The van der Waals surface area contributed by atoms with Crippen molar-refractivity contribution in [2.75, 3.05) is 25.0 Å². The fourth-order valence-corrected chi connectivity index (χ4v) is 5.04. The molecule has 3 atom stereocenters. The van der Waals surface area contributed by atoms with Crippen molar-refractivity contribution >= 4 is 17.5 Å². The first kappa shape index (κ1) is 28.2. The standard InChI is InChI=1S/C29H39N3O6/c33-20-21-8-10-22(11-9-21)26-18-25(19-32-16-4-1-5-17-32)37-29(38-26)23-12-14-24(15-13-23)30-27(34)6-2-3-7-28(35)31-36/h8-15,25-26,29,33,36H,1-7,16-20H2,(H,30,34)(H,31,35). The number of carbonyl (C=O) groups is 2. The van der Waals surface area contributed by atoms with E-state index in [-0.39, 0.29) is 31.1 Å². The Morgan fingerprint density at radius 1 is 0.868 bits per heavy atom. The molecule has 0 aliphatic carbocycles. The van der Waals surface area contributed by atoms with Gasteiger partial charge in [0.05, 0.1) is 18.8 Å². The smallest absolute Gasteiger partial charge is 0.243 e. The van der Waals surface area contributed by atoms with Crippen LogP contribution in [0.5, 0.6) is 0 Å². The Kier molecular flexibility index (Phi) is 10.7. The molecule has 2 amide bonds. The molecular weight excluding hydrogens is 486 g/mol. The van der Waals surface area contributed by atoms with Gasteiger partial charge in [-0.25, -0.2) is 5.48 Å². The van der Waals surface area contributed by atoms with Crippen LogP contribution < -0.4 is 10.8 Å². The zero-order chi connectivity index (χ0) is 26.7. The lowest BCUT2D eigenvalue weighted by Crippen LogP contribution is -2.41. The van der Waals surface area contributed by atoms with Gasteiger partial charge in [0, 0.05) is 37.1 Å². The maximum absolute atomic E-state index is 12.3. The second kappa shape index (κ2) is 14.4. The van der Waals surface area contributed by atoms with Crippen LogP contribution in [0.2, 0.25) is 0 Å². The van der Waals surface area contributed by atoms with Gasteiger partial charge in [0.25, 0.3) is 0 Å². The van der Waals surface area contributed by atoms with Crippen LogP contribution in [-0.2, 0) is 25.7 Å². The fraction of sp³-hybridized carbons (Fsp3) is 0.517. The third-order valence-electron chi connectivity index (χ3n) is 7.17. The summed E-state index contributed by atoms with van der Waals surface area (Å²) in [7, 11) is 0. The van der Waals surface area contributed by atoms with Gasteiger partial charge < -0.3 is 24.8 Å². The fourth-order valence-electron chi connectivity index (χ4n) is 5.04. The van der Waals surface area contributed by atoms with Gasteiger partial charge in [-0.3, -0.25) is 14.8 Å². The molecule has 0 saturated carbocycles. The molecule has 2 aliphatic rings. The first-order valence-corrected chi connectivity index (χ1v) is 13.6. The first-order chi connectivity index (χ1) is 18.5. The van der Waals surface area contributed by atoms with Crippen molar-refractivity contribution in [2.45, 2.75) is 76.5 Å². The van der Waals surface area contributed by atoms with Crippen molar-refractivity contribution < 1.29 is 29.4 Å². The first-order valence-electron chi connectivity index (χ1n) is 13.6. The van der Waals surface area contributed by atoms with Crippen LogP contribution in [0.4, 0.5) is 5.69 Å². The van der Waals surface area contributed by atoms with E-state index in [1.165, 1.54) is 19.3 Å². The highest BCUT2D eigenvalue weighted by Gasteiger charge is 2.33. The largest absolute Gasteiger partial charge is 0.392 e. The number of nitrogens with one attached hydrogen (secondary N) is 2. The number of ether oxygens (including phenoxy) is 2.